The number of para-hydroxylation sites is 1. The first-order valence-corrected chi connectivity index (χ1v) is 10.3. The van der Waals surface area contributed by atoms with E-state index in [0.29, 0.717) is 18.1 Å². The summed E-state index contributed by atoms with van der Waals surface area (Å²) in [5.74, 6) is 0.602. The van der Waals surface area contributed by atoms with Crippen molar-refractivity contribution in [3.63, 3.8) is 0 Å². The summed E-state index contributed by atoms with van der Waals surface area (Å²) in [6.45, 7) is 0. The maximum Gasteiger partial charge on any atom is 0.224 e. The average Bonchev–Trinajstić information content (AvgIpc) is 3.24. The molecule has 1 amide bonds. The molecule has 0 fully saturated rings. The van der Waals surface area contributed by atoms with Gasteiger partial charge in [-0.3, -0.25) is 4.79 Å². The number of aromatic nitrogens is 1. The number of amides is 1. The van der Waals surface area contributed by atoms with E-state index in [4.69, 9.17) is 4.42 Å². The van der Waals surface area contributed by atoms with E-state index >= 15 is 0 Å². The van der Waals surface area contributed by atoms with Gasteiger partial charge in [0, 0.05) is 28.2 Å². The van der Waals surface area contributed by atoms with E-state index in [0.717, 1.165) is 21.0 Å². The number of halogens is 1. The number of carbonyl (C=O) groups is 1. The molecule has 4 aromatic rings. The third-order valence-electron chi connectivity index (χ3n) is 4.38. The fourth-order valence-electron chi connectivity index (χ4n) is 2.88. The molecule has 4 nitrogen and oxygen atoms in total. The number of hydrogen-bond acceptors (Lipinski definition) is 4. The van der Waals surface area contributed by atoms with Crippen molar-refractivity contribution in [2.45, 2.75) is 22.6 Å². The number of oxazole rings is 1. The molecule has 6 heteroatoms. The zero-order chi connectivity index (χ0) is 20.8. The number of benzene rings is 3. The van der Waals surface area contributed by atoms with Gasteiger partial charge in [0.15, 0.2) is 11.7 Å². The lowest BCUT2D eigenvalue weighted by Crippen LogP contribution is -2.13. The van der Waals surface area contributed by atoms with E-state index in [2.05, 4.69) is 10.3 Å². The summed E-state index contributed by atoms with van der Waals surface area (Å²) in [6.07, 6.45) is 2.21. The Balaban J connectivity index is 1.36. The normalized spacial score (nSPS) is 10.7. The molecular weight excluding hydrogens is 399 g/mol. The molecule has 0 saturated heterocycles. The number of nitrogens with one attached hydrogen (secondary N) is 1. The predicted octanol–water partition coefficient (Wildman–Crippen LogP) is 6.20. The Labute approximate surface area is 178 Å². The maximum absolute atomic E-state index is 13.1. The SMILES string of the molecule is O=C(CCc1ncc(-c2ccc(F)cc2)o1)Nc1ccccc1Sc1ccccc1. The van der Waals surface area contributed by atoms with Crippen LogP contribution in [0.4, 0.5) is 10.1 Å². The van der Waals surface area contributed by atoms with Crippen LogP contribution in [0.1, 0.15) is 12.3 Å². The van der Waals surface area contributed by atoms with Crippen molar-refractivity contribution < 1.29 is 13.6 Å². The summed E-state index contributed by atoms with van der Waals surface area (Å²) in [4.78, 5) is 18.8. The van der Waals surface area contributed by atoms with Gasteiger partial charge in [-0.05, 0) is 48.5 Å². The topological polar surface area (TPSA) is 55.1 Å². The van der Waals surface area contributed by atoms with Crippen molar-refractivity contribution in [2.24, 2.45) is 0 Å². The first-order chi connectivity index (χ1) is 14.7. The van der Waals surface area contributed by atoms with Gasteiger partial charge in [-0.1, -0.05) is 42.1 Å². The largest absolute Gasteiger partial charge is 0.441 e. The highest BCUT2D eigenvalue weighted by Gasteiger charge is 2.11. The second-order valence-corrected chi connectivity index (χ2v) is 7.70. The molecule has 0 radical (unpaired) electrons. The first-order valence-electron chi connectivity index (χ1n) is 9.50. The van der Waals surface area contributed by atoms with Gasteiger partial charge in [0.2, 0.25) is 5.91 Å². The number of aryl methyl sites for hydroxylation is 1. The Hall–Kier alpha value is -3.38. The van der Waals surface area contributed by atoms with Crippen LogP contribution in [0.15, 0.2) is 99.3 Å². The van der Waals surface area contributed by atoms with Crippen molar-refractivity contribution in [3.8, 4) is 11.3 Å². The zero-order valence-corrected chi connectivity index (χ0v) is 16.9. The van der Waals surface area contributed by atoms with Crippen molar-refractivity contribution in [3.05, 3.63) is 96.8 Å². The number of rotatable bonds is 7. The van der Waals surface area contributed by atoms with Crippen LogP contribution >= 0.6 is 11.8 Å². The molecule has 0 aliphatic carbocycles. The first kappa shape index (κ1) is 19.9. The van der Waals surface area contributed by atoms with Gasteiger partial charge >= 0.3 is 0 Å². The molecule has 1 aromatic heterocycles. The maximum atomic E-state index is 13.1. The van der Waals surface area contributed by atoms with Crippen LogP contribution in [0.5, 0.6) is 0 Å². The third kappa shape index (κ3) is 5.15. The van der Waals surface area contributed by atoms with Gasteiger partial charge in [0.25, 0.3) is 0 Å². The summed E-state index contributed by atoms with van der Waals surface area (Å²) < 4.78 is 18.7. The molecule has 4 rings (SSSR count). The molecule has 0 atom stereocenters. The summed E-state index contributed by atoms with van der Waals surface area (Å²) >= 11 is 1.60. The summed E-state index contributed by atoms with van der Waals surface area (Å²) in [6, 6.07) is 23.7. The Kier molecular flexibility index (Phi) is 6.25. The minimum atomic E-state index is -0.305. The summed E-state index contributed by atoms with van der Waals surface area (Å²) in [5.41, 5.74) is 1.52. The van der Waals surface area contributed by atoms with E-state index in [1.54, 1.807) is 30.1 Å². The highest BCUT2D eigenvalue weighted by Crippen LogP contribution is 2.33. The average molecular weight is 418 g/mol. The lowest BCUT2D eigenvalue weighted by atomic mass is 10.2. The van der Waals surface area contributed by atoms with E-state index in [-0.39, 0.29) is 18.1 Å². The van der Waals surface area contributed by atoms with Gasteiger partial charge in [-0.25, -0.2) is 9.37 Å². The molecule has 1 N–H and O–H groups in total. The molecule has 0 saturated carbocycles. The summed E-state index contributed by atoms with van der Waals surface area (Å²) in [5, 5.41) is 2.97. The van der Waals surface area contributed by atoms with E-state index in [9.17, 15) is 9.18 Å². The predicted molar refractivity (Wildman–Crippen MR) is 116 cm³/mol. The number of carbonyl (C=O) groups excluding carboxylic acids is 1. The number of nitrogens with zero attached hydrogens (tertiary/aromatic N) is 1. The smallest absolute Gasteiger partial charge is 0.224 e. The molecule has 0 aliphatic rings. The lowest BCUT2D eigenvalue weighted by molar-refractivity contribution is -0.116. The van der Waals surface area contributed by atoms with Crippen LogP contribution in [-0.4, -0.2) is 10.9 Å². The quantitative estimate of drug-likeness (QED) is 0.388. The van der Waals surface area contributed by atoms with Gasteiger partial charge < -0.3 is 9.73 Å². The zero-order valence-electron chi connectivity index (χ0n) is 16.0. The molecule has 0 bridgehead atoms. The molecule has 30 heavy (non-hydrogen) atoms. The van der Waals surface area contributed by atoms with Crippen LogP contribution in [0.3, 0.4) is 0 Å². The second kappa shape index (κ2) is 9.41. The van der Waals surface area contributed by atoms with Crippen molar-refractivity contribution in [1.82, 2.24) is 4.98 Å². The molecule has 0 unspecified atom stereocenters. The minimum absolute atomic E-state index is 0.113. The van der Waals surface area contributed by atoms with Gasteiger partial charge in [0.05, 0.1) is 11.9 Å². The van der Waals surface area contributed by atoms with Crippen LogP contribution in [-0.2, 0) is 11.2 Å². The molecule has 1 heterocycles. The monoisotopic (exact) mass is 418 g/mol. The van der Waals surface area contributed by atoms with E-state index in [1.165, 1.54) is 12.1 Å². The summed E-state index contributed by atoms with van der Waals surface area (Å²) in [7, 11) is 0. The Morgan fingerprint density at radius 3 is 2.50 bits per heavy atom. The van der Waals surface area contributed by atoms with Gasteiger partial charge in [-0.15, -0.1) is 0 Å². The van der Waals surface area contributed by atoms with E-state index < -0.39 is 0 Å². The molecule has 3 aromatic carbocycles. The van der Waals surface area contributed by atoms with Gasteiger partial charge in [-0.2, -0.15) is 0 Å². The molecule has 0 aliphatic heterocycles. The van der Waals surface area contributed by atoms with Crippen molar-refractivity contribution in [1.29, 1.82) is 0 Å². The second-order valence-electron chi connectivity index (χ2n) is 6.58. The van der Waals surface area contributed by atoms with Gasteiger partial charge in [0.1, 0.15) is 5.82 Å². The van der Waals surface area contributed by atoms with Crippen LogP contribution in [0.2, 0.25) is 0 Å². The molecular formula is C24H19FN2O2S. The standard InChI is InChI=1S/C24H19FN2O2S/c25-18-12-10-17(11-13-18)21-16-26-24(29-21)15-14-23(28)27-20-8-4-5-9-22(20)30-19-6-2-1-3-7-19/h1-13,16H,14-15H2,(H,27,28). The Morgan fingerprint density at radius 1 is 0.967 bits per heavy atom. The lowest BCUT2D eigenvalue weighted by Gasteiger charge is -2.10. The Morgan fingerprint density at radius 2 is 1.70 bits per heavy atom. The van der Waals surface area contributed by atoms with Crippen LogP contribution in [0.25, 0.3) is 11.3 Å². The fraction of sp³-hybridized carbons (Fsp3) is 0.0833. The number of anilines is 1. The highest BCUT2D eigenvalue weighted by molar-refractivity contribution is 7.99. The van der Waals surface area contributed by atoms with Crippen molar-refractivity contribution >= 4 is 23.4 Å². The minimum Gasteiger partial charge on any atom is -0.441 e. The van der Waals surface area contributed by atoms with E-state index in [1.807, 2.05) is 54.6 Å². The Bertz CT molecular complexity index is 1130. The van der Waals surface area contributed by atoms with Crippen LogP contribution < -0.4 is 5.32 Å². The fourth-order valence-corrected chi connectivity index (χ4v) is 3.80. The number of hydrogen-bond donors (Lipinski definition) is 1. The molecule has 150 valence electrons. The van der Waals surface area contributed by atoms with Crippen LogP contribution in [0, 0.1) is 5.82 Å². The molecule has 0 spiro atoms. The third-order valence-corrected chi connectivity index (χ3v) is 5.46. The highest BCUT2D eigenvalue weighted by atomic mass is 32.2. The van der Waals surface area contributed by atoms with Crippen molar-refractivity contribution in [2.75, 3.05) is 5.32 Å².